The summed E-state index contributed by atoms with van der Waals surface area (Å²) in [5.74, 6) is -3.11. The maximum Gasteiger partial charge on any atom is 0.312 e. The smallest absolute Gasteiger partial charge is 0.312 e. The summed E-state index contributed by atoms with van der Waals surface area (Å²) < 4.78 is 10.2. The highest BCUT2D eigenvalue weighted by molar-refractivity contribution is 9.12. The third kappa shape index (κ3) is 1.60. The van der Waals surface area contributed by atoms with Crippen LogP contribution in [-0.4, -0.2) is 46.0 Å². The lowest BCUT2D eigenvalue weighted by Gasteiger charge is -2.28. The Morgan fingerprint density at radius 2 is 1.69 bits per heavy atom. The van der Waals surface area contributed by atoms with Crippen LogP contribution in [0.3, 0.4) is 0 Å². The van der Waals surface area contributed by atoms with Crippen molar-refractivity contribution >= 4 is 43.8 Å². The summed E-state index contributed by atoms with van der Waals surface area (Å²) in [6.45, 7) is 0. The fraction of sp³-hybridized carbons (Fsp3) is 0.778. The van der Waals surface area contributed by atoms with E-state index in [4.69, 9.17) is 9.84 Å². The van der Waals surface area contributed by atoms with E-state index < -0.39 is 36.0 Å². The van der Waals surface area contributed by atoms with Gasteiger partial charge in [0.2, 0.25) is 0 Å². The average molecular weight is 358 g/mol. The van der Waals surface area contributed by atoms with Crippen LogP contribution >= 0.6 is 31.9 Å². The lowest BCUT2D eigenvalue weighted by molar-refractivity contribution is -0.155. The highest BCUT2D eigenvalue weighted by Crippen LogP contribution is 2.49. The molecule has 90 valence electrons. The summed E-state index contributed by atoms with van der Waals surface area (Å²) in [4.78, 5) is 22.6. The second-order valence-electron chi connectivity index (χ2n) is 3.87. The number of fused-ring (bicyclic) bond motifs is 2. The molecule has 6 atom stereocenters. The number of hydrogen-bond acceptors (Lipinski definition) is 4. The number of carbonyl (C=O) groups is 2. The Kier molecular flexibility index (Phi) is 3.29. The number of alkyl halides is 2. The van der Waals surface area contributed by atoms with Gasteiger partial charge < -0.3 is 14.6 Å². The van der Waals surface area contributed by atoms with Crippen molar-refractivity contribution in [3.05, 3.63) is 0 Å². The molecular formula is C9H10Br2O5. The summed E-state index contributed by atoms with van der Waals surface area (Å²) in [5, 5.41) is 9.13. The zero-order chi connectivity index (χ0) is 12.0. The van der Waals surface area contributed by atoms with E-state index >= 15 is 0 Å². The Morgan fingerprint density at radius 1 is 1.19 bits per heavy atom. The van der Waals surface area contributed by atoms with E-state index in [0.29, 0.717) is 0 Å². The predicted octanol–water partition coefficient (Wildman–Crippen LogP) is 0.784. The number of ether oxygens (including phenoxy) is 2. The number of methoxy groups -OCH3 is 1. The van der Waals surface area contributed by atoms with E-state index in [9.17, 15) is 9.59 Å². The van der Waals surface area contributed by atoms with Crippen LogP contribution in [0.4, 0.5) is 0 Å². The van der Waals surface area contributed by atoms with Gasteiger partial charge in [-0.1, -0.05) is 31.9 Å². The molecular weight excluding hydrogens is 348 g/mol. The second-order valence-corrected chi connectivity index (χ2v) is 5.98. The number of hydrogen-bond donors (Lipinski definition) is 1. The molecule has 5 nitrogen and oxygen atoms in total. The first-order valence-corrected chi connectivity index (χ1v) is 6.56. The summed E-state index contributed by atoms with van der Waals surface area (Å²) >= 11 is 6.78. The number of rotatable bonds is 2. The highest BCUT2D eigenvalue weighted by Gasteiger charge is 2.63. The molecule has 0 unspecified atom stereocenters. The predicted molar refractivity (Wildman–Crippen MR) is 60.7 cm³/mol. The van der Waals surface area contributed by atoms with Crippen molar-refractivity contribution in [1.29, 1.82) is 0 Å². The maximum absolute atomic E-state index is 11.6. The van der Waals surface area contributed by atoms with E-state index in [1.807, 2.05) is 0 Å². The Balaban J connectivity index is 2.30. The van der Waals surface area contributed by atoms with Crippen molar-refractivity contribution in [2.45, 2.75) is 21.9 Å². The molecule has 16 heavy (non-hydrogen) atoms. The van der Waals surface area contributed by atoms with E-state index in [2.05, 4.69) is 36.6 Å². The SMILES string of the molecule is COC(=O)[C@@H]1[C@H]2O[C@@H]([C@H](Br)[C@@H]2Br)[C@@H]1C(=O)O. The van der Waals surface area contributed by atoms with E-state index in [0.717, 1.165) is 0 Å². The molecule has 2 aliphatic heterocycles. The third-order valence-corrected chi connectivity index (χ3v) is 5.99. The molecule has 2 saturated heterocycles. The number of halogens is 2. The average Bonchev–Trinajstić information content (AvgIpc) is 2.76. The van der Waals surface area contributed by atoms with Crippen LogP contribution in [0, 0.1) is 11.8 Å². The minimum Gasteiger partial charge on any atom is -0.481 e. The van der Waals surface area contributed by atoms with Gasteiger partial charge in [0, 0.05) is 0 Å². The van der Waals surface area contributed by atoms with Gasteiger partial charge in [-0.05, 0) is 0 Å². The molecule has 2 heterocycles. The molecule has 2 fully saturated rings. The van der Waals surface area contributed by atoms with Gasteiger partial charge in [0.15, 0.2) is 0 Å². The Bertz CT molecular complexity index is 334. The molecule has 0 spiro atoms. The fourth-order valence-corrected chi connectivity index (χ4v) is 3.89. The summed E-state index contributed by atoms with van der Waals surface area (Å²) in [7, 11) is 1.25. The van der Waals surface area contributed by atoms with Gasteiger partial charge in [-0.15, -0.1) is 0 Å². The zero-order valence-electron chi connectivity index (χ0n) is 8.30. The molecule has 2 aliphatic rings. The second kappa shape index (κ2) is 4.27. The Labute approximate surface area is 109 Å². The van der Waals surface area contributed by atoms with Crippen molar-refractivity contribution in [3.63, 3.8) is 0 Å². The van der Waals surface area contributed by atoms with Crippen LogP contribution in [0.15, 0.2) is 0 Å². The summed E-state index contributed by atoms with van der Waals surface area (Å²) in [6, 6.07) is 0. The van der Waals surface area contributed by atoms with Crippen LogP contribution in [0.1, 0.15) is 0 Å². The monoisotopic (exact) mass is 356 g/mol. The van der Waals surface area contributed by atoms with Crippen LogP contribution in [0.5, 0.6) is 0 Å². The first kappa shape index (κ1) is 12.3. The van der Waals surface area contributed by atoms with Crippen molar-refractivity contribution in [2.75, 3.05) is 7.11 Å². The van der Waals surface area contributed by atoms with Crippen molar-refractivity contribution in [1.82, 2.24) is 0 Å². The minimum atomic E-state index is -1.02. The Morgan fingerprint density at radius 3 is 2.12 bits per heavy atom. The lowest BCUT2D eigenvalue weighted by atomic mass is 9.79. The van der Waals surface area contributed by atoms with Gasteiger partial charge in [-0.3, -0.25) is 9.59 Å². The van der Waals surface area contributed by atoms with E-state index in [1.54, 1.807) is 0 Å². The summed E-state index contributed by atoms with van der Waals surface area (Å²) in [6.07, 6.45) is -0.932. The van der Waals surface area contributed by atoms with E-state index in [1.165, 1.54) is 7.11 Å². The van der Waals surface area contributed by atoms with Crippen LogP contribution in [-0.2, 0) is 19.1 Å². The number of carbonyl (C=O) groups excluding carboxylic acids is 1. The minimum absolute atomic E-state index is 0.0720. The third-order valence-electron chi connectivity index (χ3n) is 3.10. The first-order chi connectivity index (χ1) is 7.49. The number of esters is 1. The van der Waals surface area contributed by atoms with Gasteiger partial charge in [-0.2, -0.15) is 0 Å². The highest BCUT2D eigenvalue weighted by atomic mass is 79.9. The standard InChI is InChI=1S/C9H10Br2O5/c1-15-9(14)3-2(8(12)13)6-4(10)5(11)7(3)16-6/h2-7H,1H3,(H,12,13)/t2-,3+,4-,5+,6-,7-/m1/s1. The van der Waals surface area contributed by atoms with Crippen molar-refractivity contribution in [2.24, 2.45) is 11.8 Å². The topological polar surface area (TPSA) is 72.8 Å². The van der Waals surface area contributed by atoms with E-state index in [-0.39, 0.29) is 9.65 Å². The van der Waals surface area contributed by atoms with Crippen molar-refractivity contribution < 1.29 is 24.2 Å². The number of carboxylic acids is 1. The number of carboxylic acid groups (broad SMARTS) is 1. The molecule has 7 heteroatoms. The van der Waals surface area contributed by atoms with Gasteiger partial charge in [0.1, 0.15) is 0 Å². The molecule has 0 radical (unpaired) electrons. The molecule has 0 aromatic heterocycles. The zero-order valence-corrected chi connectivity index (χ0v) is 11.5. The van der Waals surface area contributed by atoms with Gasteiger partial charge in [0.05, 0.1) is 40.8 Å². The molecule has 0 amide bonds. The molecule has 2 rings (SSSR count). The first-order valence-electron chi connectivity index (χ1n) is 4.73. The van der Waals surface area contributed by atoms with Gasteiger partial charge in [0.25, 0.3) is 0 Å². The van der Waals surface area contributed by atoms with Crippen LogP contribution in [0.2, 0.25) is 0 Å². The Hall–Kier alpha value is -0.140. The van der Waals surface area contributed by atoms with Crippen LogP contribution in [0.25, 0.3) is 0 Å². The van der Waals surface area contributed by atoms with Gasteiger partial charge in [-0.25, -0.2) is 0 Å². The number of aliphatic carboxylic acids is 1. The molecule has 0 aliphatic carbocycles. The molecule has 1 N–H and O–H groups in total. The fourth-order valence-electron chi connectivity index (χ4n) is 2.38. The van der Waals surface area contributed by atoms with Crippen molar-refractivity contribution in [3.8, 4) is 0 Å². The molecule has 0 aromatic carbocycles. The maximum atomic E-state index is 11.6. The van der Waals surface area contributed by atoms with Crippen LogP contribution < -0.4 is 0 Å². The molecule has 0 aromatic rings. The normalized spacial score (nSPS) is 45.7. The summed E-state index contributed by atoms with van der Waals surface area (Å²) in [5.41, 5.74) is 0. The molecule has 2 bridgehead atoms. The quantitative estimate of drug-likeness (QED) is 0.584. The molecule has 0 saturated carbocycles. The lowest BCUT2D eigenvalue weighted by Crippen LogP contribution is -2.47. The van der Waals surface area contributed by atoms with Gasteiger partial charge >= 0.3 is 11.9 Å². The largest absolute Gasteiger partial charge is 0.481 e.